The van der Waals surface area contributed by atoms with Gasteiger partial charge < -0.3 is 0 Å². The number of hydrogen-bond donors (Lipinski definition) is 0. The van der Waals surface area contributed by atoms with Gasteiger partial charge in [-0.1, -0.05) is 74.2 Å². The summed E-state index contributed by atoms with van der Waals surface area (Å²) in [7, 11) is 0. The largest absolute Gasteiger partial charge is 0.270 e. The fraction of sp³-hybridized carbons (Fsp3) is 0.200. The van der Waals surface area contributed by atoms with Crippen LogP contribution in [0.3, 0.4) is 0 Å². The van der Waals surface area contributed by atoms with E-state index in [9.17, 15) is 4.79 Å². The number of nitrogens with zero attached hydrogens (tertiary/aromatic N) is 1. The van der Waals surface area contributed by atoms with Crippen molar-refractivity contribution in [2.24, 2.45) is 0 Å². The molecule has 2 nitrogen and oxygen atoms in total. The second-order valence-corrected chi connectivity index (χ2v) is 7.85. The van der Waals surface area contributed by atoms with Gasteiger partial charge in [-0.3, -0.25) is 9.69 Å². The molecule has 4 heteroatoms. The number of benzene rings is 2. The van der Waals surface area contributed by atoms with Crippen LogP contribution in [-0.2, 0) is 4.79 Å². The Morgan fingerprint density at radius 1 is 1.12 bits per heavy atom. The average Bonchev–Trinajstić information content (AvgIpc) is 2.82. The van der Waals surface area contributed by atoms with Crippen molar-refractivity contribution in [3.8, 4) is 0 Å². The van der Waals surface area contributed by atoms with E-state index in [1.54, 1.807) is 4.90 Å². The first-order chi connectivity index (χ1) is 11.5. The quantitative estimate of drug-likeness (QED) is 0.535. The van der Waals surface area contributed by atoms with Gasteiger partial charge in [0.1, 0.15) is 0 Å². The third-order valence-electron chi connectivity index (χ3n) is 3.95. The van der Waals surface area contributed by atoms with Crippen LogP contribution in [0.1, 0.15) is 36.5 Å². The van der Waals surface area contributed by atoms with Crippen LogP contribution in [-0.4, -0.2) is 10.2 Å². The first-order valence-electron chi connectivity index (χ1n) is 7.90. The zero-order valence-corrected chi connectivity index (χ0v) is 15.6. The molecule has 0 atom stereocenters. The van der Waals surface area contributed by atoms with Crippen molar-refractivity contribution in [3.63, 3.8) is 0 Å². The topological polar surface area (TPSA) is 20.3 Å². The second-order valence-electron chi connectivity index (χ2n) is 6.18. The molecule has 0 aliphatic carbocycles. The molecule has 0 bridgehead atoms. The Morgan fingerprint density at radius 3 is 2.46 bits per heavy atom. The van der Waals surface area contributed by atoms with Gasteiger partial charge in [-0.05, 0) is 47.7 Å². The van der Waals surface area contributed by atoms with E-state index in [1.807, 2.05) is 37.3 Å². The molecule has 0 saturated carbocycles. The van der Waals surface area contributed by atoms with Gasteiger partial charge in [0.05, 0.1) is 10.6 Å². The summed E-state index contributed by atoms with van der Waals surface area (Å²) in [6, 6.07) is 16.2. The standard InChI is InChI=1S/C20H19NOS2/c1-13(2)16-9-7-15(8-10-16)12-18-19(22)21(20(23)24-18)17-6-4-5-14(3)11-17/h4-13H,1-3H3/b18-12+. The summed E-state index contributed by atoms with van der Waals surface area (Å²) in [6.45, 7) is 6.34. The molecule has 2 aromatic carbocycles. The molecule has 0 unspecified atom stereocenters. The highest BCUT2D eigenvalue weighted by Crippen LogP contribution is 2.36. The first kappa shape index (κ1) is 16.9. The minimum atomic E-state index is -0.0523. The van der Waals surface area contributed by atoms with Crippen molar-refractivity contribution in [2.45, 2.75) is 26.7 Å². The van der Waals surface area contributed by atoms with Gasteiger partial charge in [0.25, 0.3) is 5.91 Å². The number of carbonyl (C=O) groups excluding carboxylic acids is 1. The van der Waals surface area contributed by atoms with Gasteiger partial charge in [-0.15, -0.1) is 0 Å². The van der Waals surface area contributed by atoms with Crippen molar-refractivity contribution in [2.75, 3.05) is 4.90 Å². The molecule has 0 aromatic heterocycles. The molecule has 0 N–H and O–H groups in total. The van der Waals surface area contributed by atoms with Crippen LogP contribution in [0.15, 0.2) is 53.4 Å². The van der Waals surface area contributed by atoms with Gasteiger partial charge in [-0.25, -0.2) is 0 Å². The minimum absolute atomic E-state index is 0.0523. The van der Waals surface area contributed by atoms with Crippen molar-refractivity contribution in [1.82, 2.24) is 0 Å². The lowest BCUT2D eigenvalue weighted by Gasteiger charge is -2.14. The Balaban J connectivity index is 1.88. The molecule has 1 amide bonds. The molecule has 0 spiro atoms. The summed E-state index contributed by atoms with van der Waals surface area (Å²) in [4.78, 5) is 15.0. The number of carbonyl (C=O) groups is 1. The predicted octanol–water partition coefficient (Wildman–Crippen LogP) is 5.52. The number of amides is 1. The van der Waals surface area contributed by atoms with Crippen molar-refractivity contribution < 1.29 is 4.79 Å². The summed E-state index contributed by atoms with van der Waals surface area (Å²) < 4.78 is 0.579. The smallest absolute Gasteiger partial charge is 0.268 e. The van der Waals surface area contributed by atoms with Crippen LogP contribution in [0.2, 0.25) is 0 Å². The van der Waals surface area contributed by atoms with E-state index in [4.69, 9.17) is 12.2 Å². The fourth-order valence-corrected chi connectivity index (χ4v) is 3.88. The monoisotopic (exact) mass is 353 g/mol. The van der Waals surface area contributed by atoms with Crippen LogP contribution < -0.4 is 4.90 Å². The lowest BCUT2D eigenvalue weighted by molar-refractivity contribution is -0.113. The highest BCUT2D eigenvalue weighted by Gasteiger charge is 2.33. The molecule has 1 fully saturated rings. The summed E-state index contributed by atoms with van der Waals surface area (Å²) >= 11 is 6.78. The van der Waals surface area contributed by atoms with E-state index in [1.165, 1.54) is 17.3 Å². The highest BCUT2D eigenvalue weighted by atomic mass is 32.2. The maximum absolute atomic E-state index is 12.8. The minimum Gasteiger partial charge on any atom is -0.268 e. The van der Waals surface area contributed by atoms with Crippen LogP contribution in [0, 0.1) is 6.92 Å². The Morgan fingerprint density at radius 2 is 1.83 bits per heavy atom. The maximum Gasteiger partial charge on any atom is 0.270 e. The molecule has 24 heavy (non-hydrogen) atoms. The SMILES string of the molecule is Cc1cccc(N2C(=O)/C(=C\c3ccc(C(C)C)cc3)SC2=S)c1. The van der Waals surface area contributed by atoms with Gasteiger partial charge in [0.2, 0.25) is 0 Å². The summed E-state index contributed by atoms with van der Waals surface area (Å²) in [5, 5.41) is 0. The van der Waals surface area contributed by atoms with E-state index < -0.39 is 0 Å². The molecule has 3 rings (SSSR count). The number of thioether (sulfide) groups is 1. The lowest BCUT2D eigenvalue weighted by Crippen LogP contribution is -2.27. The number of thiocarbonyl (C=S) groups is 1. The molecular formula is C20H19NOS2. The lowest BCUT2D eigenvalue weighted by atomic mass is 10.0. The molecular weight excluding hydrogens is 334 g/mol. The normalized spacial score (nSPS) is 16.5. The van der Waals surface area contributed by atoms with Gasteiger partial charge >= 0.3 is 0 Å². The number of anilines is 1. The third kappa shape index (κ3) is 3.45. The van der Waals surface area contributed by atoms with E-state index in [2.05, 4.69) is 38.1 Å². The molecule has 1 aliphatic heterocycles. The molecule has 2 aromatic rings. The number of aryl methyl sites for hydroxylation is 1. The van der Waals surface area contributed by atoms with E-state index >= 15 is 0 Å². The van der Waals surface area contributed by atoms with Gasteiger partial charge in [-0.2, -0.15) is 0 Å². The zero-order chi connectivity index (χ0) is 17.3. The van der Waals surface area contributed by atoms with Crippen LogP contribution in [0.5, 0.6) is 0 Å². The number of hydrogen-bond acceptors (Lipinski definition) is 3. The van der Waals surface area contributed by atoms with E-state index in [-0.39, 0.29) is 5.91 Å². The zero-order valence-electron chi connectivity index (χ0n) is 13.9. The number of rotatable bonds is 3. The Bertz CT molecular complexity index is 822. The predicted molar refractivity (Wildman–Crippen MR) is 107 cm³/mol. The molecule has 1 heterocycles. The highest BCUT2D eigenvalue weighted by molar-refractivity contribution is 8.27. The summed E-state index contributed by atoms with van der Waals surface area (Å²) in [5.41, 5.74) is 4.24. The van der Waals surface area contributed by atoms with Crippen molar-refractivity contribution in [1.29, 1.82) is 0 Å². The Kier molecular flexibility index (Phi) is 4.88. The van der Waals surface area contributed by atoms with Gasteiger partial charge in [0, 0.05) is 0 Å². The van der Waals surface area contributed by atoms with E-state index in [0.29, 0.717) is 15.1 Å². The third-order valence-corrected chi connectivity index (χ3v) is 5.26. The fourth-order valence-electron chi connectivity index (χ4n) is 2.59. The van der Waals surface area contributed by atoms with Crippen molar-refractivity contribution in [3.05, 3.63) is 70.1 Å². The molecule has 0 radical (unpaired) electrons. The van der Waals surface area contributed by atoms with E-state index in [0.717, 1.165) is 16.8 Å². The maximum atomic E-state index is 12.8. The molecule has 1 aliphatic rings. The van der Waals surface area contributed by atoms with Crippen molar-refractivity contribution >= 4 is 46.0 Å². The second kappa shape index (κ2) is 6.91. The molecule has 1 saturated heterocycles. The summed E-state index contributed by atoms with van der Waals surface area (Å²) in [6.07, 6.45) is 1.92. The van der Waals surface area contributed by atoms with Gasteiger partial charge in [0.15, 0.2) is 4.32 Å². The Labute approximate surface area is 152 Å². The summed E-state index contributed by atoms with van der Waals surface area (Å²) in [5.74, 6) is 0.446. The van der Waals surface area contributed by atoms with Crippen LogP contribution in [0.4, 0.5) is 5.69 Å². The first-order valence-corrected chi connectivity index (χ1v) is 9.13. The van der Waals surface area contributed by atoms with Crippen LogP contribution in [0.25, 0.3) is 6.08 Å². The molecule has 122 valence electrons. The van der Waals surface area contributed by atoms with Crippen LogP contribution >= 0.6 is 24.0 Å². The Hall–Kier alpha value is -1.91. The average molecular weight is 354 g/mol.